The summed E-state index contributed by atoms with van der Waals surface area (Å²) in [7, 11) is 1.68. The molecule has 0 amide bonds. The Morgan fingerprint density at radius 2 is 1.85 bits per heavy atom. The second kappa shape index (κ2) is 8.62. The number of ether oxygens (including phenoxy) is 1. The van der Waals surface area contributed by atoms with Gasteiger partial charge in [-0.05, 0) is 38.0 Å². The summed E-state index contributed by atoms with van der Waals surface area (Å²) in [5.41, 5.74) is -0.329. The van der Waals surface area contributed by atoms with Gasteiger partial charge in [0, 0.05) is 43.9 Å². The van der Waals surface area contributed by atoms with Gasteiger partial charge < -0.3 is 9.64 Å². The summed E-state index contributed by atoms with van der Waals surface area (Å²) in [6.45, 7) is 4.93. The van der Waals surface area contributed by atoms with E-state index in [1.165, 1.54) is 12.3 Å². The molecule has 1 aromatic carbocycles. The first-order valence-corrected chi connectivity index (χ1v) is 11.1. The third-order valence-corrected chi connectivity index (χ3v) is 6.27. The van der Waals surface area contributed by atoms with Gasteiger partial charge in [-0.2, -0.15) is 23.4 Å². The average Bonchev–Trinajstić information content (AvgIpc) is 3.39. The van der Waals surface area contributed by atoms with Crippen LogP contribution in [0.4, 0.5) is 17.6 Å². The standard InChI is InChI=1S/C23H24F4N6O/c1-14-12-33-22(28-14)18(23(25,26)27)11-20(29-33)15-9-16-13-32(30-21(16)19(24)10-15)17-3-5-31(6-4-17)7-8-34-2/h9-13,17H,3-8H2,1-2H3. The van der Waals surface area contributed by atoms with E-state index in [1.54, 1.807) is 31.0 Å². The van der Waals surface area contributed by atoms with Crippen molar-refractivity contribution in [1.29, 1.82) is 0 Å². The number of aryl methyl sites for hydroxylation is 1. The maximum atomic E-state index is 15.0. The highest BCUT2D eigenvalue weighted by atomic mass is 19.4. The second-order valence-electron chi connectivity index (χ2n) is 8.66. The summed E-state index contributed by atoms with van der Waals surface area (Å²) < 4.78 is 64.1. The van der Waals surface area contributed by atoms with Crippen LogP contribution in [0.25, 0.3) is 27.8 Å². The highest BCUT2D eigenvalue weighted by Crippen LogP contribution is 2.35. The van der Waals surface area contributed by atoms with Crippen molar-refractivity contribution in [3.8, 4) is 11.3 Å². The number of likely N-dealkylation sites (tertiary alicyclic amines) is 1. The predicted octanol–water partition coefficient (Wildman–Crippen LogP) is 4.50. The Morgan fingerprint density at radius 3 is 2.56 bits per heavy atom. The number of hydrogen-bond donors (Lipinski definition) is 0. The molecule has 11 heteroatoms. The van der Waals surface area contributed by atoms with Crippen molar-refractivity contribution >= 4 is 16.6 Å². The number of fused-ring (bicyclic) bond motifs is 2. The van der Waals surface area contributed by atoms with Crippen LogP contribution in [0.15, 0.2) is 30.6 Å². The lowest BCUT2D eigenvalue weighted by Gasteiger charge is -2.31. The fourth-order valence-electron chi connectivity index (χ4n) is 4.51. The van der Waals surface area contributed by atoms with Gasteiger partial charge >= 0.3 is 6.18 Å². The van der Waals surface area contributed by atoms with Gasteiger partial charge in [-0.3, -0.25) is 4.68 Å². The molecule has 7 nitrogen and oxygen atoms in total. The van der Waals surface area contributed by atoms with Crippen LogP contribution in [0.3, 0.4) is 0 Å². The molecule has 0 spiro atoms. The Morgan fingerprint density at radius 1 is 1.09 bits per heavy atom. The van der Waals surface area contributed by atoms with Crippen LogP contribution in [0, 0.1) is 12.7 Å². The number of nitrogens with zero attached hydrogens (tertiary/aromatic N) is 6. The van der Waals surface area contributed by atoms with Crippen LogP contribution < -0.4 is 0 Å². The third kappa shape index (κ3) is 4.25. The Hall–Kier alpha value is -3.05. The molecule has 4 aromatic rings. The zero-order valence-electron chi connectivity index (χ0n) is 18.8. The van der Waals surface area contributed by atoms with Crippen molar-refractivity contribution in [3.63, 3.8) is 0 Å². The summed E-state index contributed by atoms with van der Waals surface area (Å²) in [5.74, 6) is -0.596. The highest BCUT2D eigenvalue weighted by molar-refractivity contribution is 5.84. The monoisotopic (exact) mass is 476 g/mol. The van der Waals surface area contributed by atoms with Crippen LogP contribution in [-0.4, -0.2) is 62.6 Å². The molecule has 1 saturated heterocycles. The second-order valence-corrected chi connectivity index (χ2v) is 8.66. The molecule has 5 rings (SSSR count). The van der Waals surface area contributed by atoms with Crippen LogP contribution in [0.1, 0.15) is 30.1 Å². The number of hydrogen-bond acceptors (Lipinski definition) is 5. The molecule has 34 heavy (non-hydrogen) atoms. The van der Waals surface area contributed by atoms with E-state index in [4.69, 9.17) is 4.74 Å². The number of halogens is 4. The lowest BCUT2D eigenvalue weighted by atomic mass is 10.1. The molecule has 0 radical (unpaired) electrons. The quantitative estimate of drug-likeness (QED) is 0.397. The van der Waals surface area contributed by atoms with Gasteiger partial charge in [0.2, 0.25) is 0 Å². The fraction of sp³-hybridized carbons (Fsp3) is 0.435. The first-order valence-electron chi connectivity index (χ1n) is 11.1. The first-order chi connectivity index (χ1) is 16.2. The number of imidazole rings is 1. The smallest absolute Gasteiger partial charge is 0.383 e. The van der Waals surface area contributed by atoms with Crippen LogP contribution in [-0.2, 0) is 10.9 Å². The van der Waals surface area contributed by atoms with Crippen molar-refractivity contribution in [3.05, 3.63) is 47.7 Å². The van der Waals surface area contributed by atoms with Crippen molar-refractivity contribution < 1.29 is 22.3 Å². The zero-order valence-corrected chi connectivity index (χ0v) is 18.8. The summed E-state index contributed by atoms with van der Waals surface area (Å²) in [5, 5.41) is 9.24. The van der Waals surface area contributed by atoms with Crippen LogP contribution in [0.5, 0.6) is 0 Å². The maximum Gasteiger partial charge on any atom is 0.420 e. The van der Waals surface area contributed by atoms with Crippen LogP contribution >= 0.6 is 0 Å². The van der Waals surface area contributed by atoms with Gasteiger partial charge in [-0.1, -0.05) is 0 Å². The predicted molar refractivity (Wildman–Crippen MR) is 118 cm³/mol. The number of alkyl halides is 3. The Bertz CT molecular complexity index is 1340. The van der Waals surface area contributed by atoms with E-state index in [0.29, 0.717) is 17.7 Å². The van der Waals surface area contributed by atoms with Gasteiger partial charge in [0.25, 0.3) is 0 Å². The average molecular weight is 476 g/mol. The van der Waals surface area contributed by atoms with Gasteiger partial charge in [0.15, 0.2) is 11.5 Å². The van der Waals surface area contributed by atoms with E-state index in [9.17, 15) is 17.6 Å². The summed E-state index contributed by atoms with van der Waals surface area (Å²) in [4.78, 5) is 6.26. The summed E-state index contributed by atoms with van der Waals surface area (Å²) in [6, 6.07) is 3.87. The number of methoxy groups -OCH3 is 1. The van der Waals surface area contributed by atoms with E-state index in [1.807, 2.05) is 0 Å². The normalized spacial score (nSPS) is 16.2. The van der Waals surface area contributed by atoms with Crippen molar-refractivity contribution in [1.82, 2.24) is 29.3 Å². The molecule has 3 aromatic heterocycles. The van der Waals surface area contributed by atoms with Crippen LogP contribution in [0.2, 0.25) is 0 Å². The minimum Gasteiger partial charge on any atom is -0.383 e. The number of aromatic nitrogens is 5. The molecule has 1 aliphatic heterocycles. The van der Waals surface area contributed by atoms with Gasteiger partial charge in [-0.25, -0.2) is 13.9 Å². The van der Waals surface area contributed by atoms with E-state index in [-0.39, 0.29) is 28.5 Å². The molecule has 1 aliphatic rings. The van der Waals surface area contributed by atoms with Crippen molar-refractivity contribution in [2.24, 2.45) is 0 Å². The molecule has 0 saturated carbocycles. The lowest BCUT2D eigenvalue weighted by molar-refractivity contribution is -0.136. The van der Waals surface area contributed by atoms with Gasteiger partial charge in [0.05, 0.1) is 30.2 Å². The highest BCUT2D eigenvalue weighted by Gasteiger charge is 2.35. The Labute approximate surface area is 192 Å². The van der Waals surface area contributed by atoms with E-state index >= 15 is 0 Å². The number of piperidine rings is 1. The van der Waals surface area contributed by atoms with E-state index in [2.05, 4.69) is 20.1 Å². The molecular weight excluding hydrogens is 452 g/mol. The molecular formula is C23H24F4N6O. The molecule has 4 heterocycles. The molecule has 0 atom stereocenters. The maximum absolute atomic E-state index is 15.0. The molecule has 0 N–H and O–H groups in total. The Kier molecular flexibility index (Phi) is 5.76. The summed E-state index contributed by atoms with van der Waals surface area (Å²) in [6.07, 6.45) is 0.309. The molecule has 0 unspecified atom stereocenters. The van der Waals surface area contributed by atoms with Gasteiger partial charge in [-0.15, -0.1) is 0 Å². The lowest BCUT2D eigenvalue weighted by Crippen LogP contribution is -2.36. The van der Waals surface area contributed by atoms with Gasteiger partial charge in [0.1, 0.15) is 11.1 Å². The van der Waals surface area contributed by atoms with Crippen molar-refractivity contribution in [2.45, 2.75) is 32.0 Å². The van der Waals surface area contributed by atoms with E-state index in [0.717, 1.165) is 43.1 Å². The molecule has 180 valence electrons. The minimum atomic E-state index is -4.62. The molecule has 0 bridgehead atoms. The molecule has 1 fully saturated rings. The first kappa shape index (κ1) is 22.7. The topological polar surface area (TPSA) is 60.5 Å². The zero-order chi connectivity index (χ0) is 24.0. The Balaban J connectivity index is 1.49. The SMILES string of the molecule is COCCN1CCC(n2cc3cc(-c4cc(C(F)(F)F)c5nc(C)cn5n4)cc(F)c3n2)CC1. The number of benzene rings is 1. The minimum absolute atomic E-state index is 0.0113. The fourth-order valence-corrected chi connectivity index (χ4v) is 4.51. The largest absolute Gasteiger partial charge is 0.420 e. The van der Waals surface area contributed by atoms with E-state index < -0.39 is 17.6 Å². The van der Waals surface area contributed by atoms with Crippen molar-refractivity contribution in [2.75, 3.05) is 33.4 Å². The number of rotatable bonds is 5. The molecule has 0 aliphatic carbocycles. The third-order valence-electron chi connectivity index (χ3n) is 6.27. The summed E-state index contributed by atoms with van der Waals surface area (Å²) >= 11 is 0.